The Morgan fingerprint density at radius 1 is 1.55 bits per heavy atom. The fourth-order valence-electron chi connectivity index (χ4n) is 0.756. The number of phenols is 1. The van der Waals surface area contributed by atoms with E-state index < -0.39 is 5.82 Å². The first-order valence-electron chi connectivity index (χ1n) is 3.04. The summed E-state index contributed by atoms with van der Waals surface area (Å²) in [6.07, 6.45) is 0. The third-order valence-corrected chi connectivity index (χ3v) is 1.40. The van der Waals surface area contributed by atoms with E-state index in [2.05, 4.69) is 0 Å². The van der Waals surface area contributed by atoms with E-state index in [-0.39, 0.29) is 11.3 Å². The minimum atomic E-state index is -0.473. The van der Waals surface area contributed by atoms with E-state index in [1.54, 1.807) is 6.07 Å². The van der Waals surface area contributed by atoms with Crippen molar-refractivity contribution in [3.63, 3.8) is 0 Å². The zero-order chi connectivity index (χ0) is 8.43. The SMILES string of the molecule is Cc1cc(O)c(C#N)cc1F. The highest BCUT2D eigenvalue weighted by atomic mass is 19.1. The van der Waals surface area contributed by atoms with Gasteiger partial charge in [0.1, 0.15) is 17.6 Å². The zero-order valence-electron chi connectivity index (χ0n) is 5.93. The molecule has 0 aliphatic heterocycles. The van der Waals surface area contributed by atoms with E-state index in [1.807, 2.05) is 0 Å². The van der Waals surface area contributed by atoms with Gasteiger partial charge in [-0.15, -0.1) is 0 Å². The second kappa shape index (κ2) is 2.59. The molecule has 0 aromatic heterocycles. The van der Waals surface area contributed by atoms with Crippen LogP contribution >= 0.6 is 0 Å². The molecule has 1 aromatic carbocycles. The summed E-state index contributed by atoms with van der Waals surface area (Å²) in [6, 6.07) is 3.92. The van der Waals surface area contributed by atoms with Crippen LogP contribution in [0.2, 0.25) is 0 Å². The lowest BCUT2D eigenvalue weighted by Gasteiger charge is -1.98. The molecule has 3 heteroatoms. The Morgan fingerprint density at radius 3 is 2.73 bits per heavy atom. The van der Waals surface area contributed by atoms with Gasteiger partial charge in [0.2, 0.25) is 0 Å². The minimum absolute atomic E-state index is 0.0342. The van der Waals surface area contributed by atoms with Gasteiger partial charge < -0.3 is 5.11 Å². The number of halogens is 1. The van der Waals surface area contributed by atoms with Gasteiger partial charge in [0, 0.05) is 0 Å². The highest BCUT2D eigenvalue weighted by Crippen LogP contribution is 2.19. The summed E-state index contributed by atoms with van der Waals surface area (Å²) in [5.74, 6) is -0.647. The molecule has 1 aromatic rings. The predicted molar refractivity (Wildman–Crippen MR) is 37.5 cm³/mol. The number of aryl methyl sites for hydroxylation is 1. The van der Waals surface area contributed by atoms with E-state index in [9.17, 15) is 4.39 Å². The average molecular weight is 151 g/mol. The predicted octanol–water partition coefficient (Wildman–Crippen LogP) is 1.71. The van der Waals surface area contributed by atoms with E-state index in [4.69, 9.17) is 10.4 Å². The van der Waals surface area contributed by atoms with Crippen molar-refractivity contribution in [3.05, 3.63) is 29.1 Å². The molecule has 11 heavy (non-hydrogen) atoms. The maximum absolute atomic E-state index is 12.7. The second-order valence-electron chi connectivity index (χ2n) is 2.23. The van der Waals surface area contributed by atoms with Gasteiger partial charge in [-0.1, -0.05) is 0 Å². The molecule has 0 aliphatic carbocycles. The fraction of sp³-hybridized carbons (Fsp3) is 0.125. The quantitative estimate of drug-likeness (QED) is 0.613. The smallest absolute Gasteiger partial charge is 0.133 e. The van der Waals surface area contributed by atoms with Crippen molar-refractivity contribution in [1.82, 2.24) is 0 Å². The van der Waals surface area contributed by atoms with Crippen molar-refractivity contribution in [1.29, 1.82) is 5.26 Å². The number of benzene rings is 1. The first-order valence-corrected chi connectivity index (χ1v) is 3.04. The molecule has 0 unspecified atom stereocenters. The van der Waals surface area contributed by atoms with Crippen LogP contribution in [0.1, 0.15) is 11.1 Å². The minimum Gasteiger partial charge on any atom is -0.507 e. The lowest BCUT2D eigenvalue weighted by atomic mass is 10.1. The van der Waals surface area contributed by atoms with Gasteiger partial charge >= 0.3 is 0 Å². The monoisotopic (exact) mass is 151 g/mol. The fourth-order valence-corrected chi connectivity index (χ4v) is 0.756. The summed E-state index contributed by atoms with van der Waals surface area (Å²) in [6.45, 7) is 1.52. The normalized spacial score (nSPS) is 9.18. The Bertz CT molecular complexity index is 328. The first-order chi connectivity index (χ1) is 5.15. The van der Waals surface area contributed by atoms with Gasteiger partial charge in [-0.05, 0) is 24.6 Å². The summed E-state index contributed by atoms with van der Waals surface area (Å²) in [5.41, 5.74) is 0.301. The number of hydrogen-bond donors (Lipinski definition) is 1. The van der Waals surface area contributed by atoms with E-state index in [1.165, 1.54) is 13.0 Å². The molecule has 56 valence electrons. The van der Waals surface area contributed by atoms with Crippen LogP contribution in [0, 0.1) is 24.1 Å². The number of aromatic hydroxyl groups is 1. The Morgan fingerprint density at radius 2 is 2.18 bits per heavy atom. The van der Waals surface area contributed by atoms with Crippen molar-refractivity contribution < 1.29 is 9.50 Å². The molecule has 0 heterocycles. The summed E-state index contributed by atoms with van der Waals surface area (Å²) >= 11 is 0. The van der Waals surface area contributed by atoms with E-state index in [0.717, 1.165) is 6.07 Å². The molecule has 0 atom stereocenters. The van der Waals surface area contributed by atoms with Gasteiger partial charge in [-0.25, -0.2) is 4.39 Å². The van der Waals surface area contributed by atoms with Crippen LogP contribution < -0.4 is 0 Å². The van der Waals surface area contributed by atoms with Crippen LogP contribution in [0.15, 0.2) is 12.1 Å². The van der Waals surface area contributed by atoms with Gasteiger partial charge in [0.15, 0.2) is 0 Å². The molecule has 2 nitrogen and oxygen atoms in total. The molecule has 0 bridgehead atoms. The maximum Gasteiger partial charge on any atom is 0.133 e. The van der Waals surface area contributed by atoms with Crippen molar-refractivity contribution in [2.24, 2.45) is 0 Å². The van der Waals surface area contributed by atoms with Crippen molar-refractivity contribution in [2.45, 2.75) is 6.92 Å². The summed E-state index contributed by atoms with van der Waals surface area (Å²) < 4.78 is 12.7. The number of nitrogens with zero attached hydrogens (tertiary/aromatic N) is 1. The standard InChI is InChI=1S/C8H6FNO/c1-5-2-8(11)6(4-10)3-7(5)9/h2-3,11H,1H3. The van der Waals surface area contributed by atoms with Gasteiger partial charge in [-0.2, -0.15) is 5.26 Å². The first kappa shape index (κ1) is 7.55. The lowest BCUT2D eigenvalue weighted by Crippen LogP contribution is -1.84. The molecule has 1 rings (SSSR count). The Balaban J connectivity index is 3.35. The zero-order valence-corrected chi connectivity index (χ0v) is 5.93. The highest BCUT2D eigenvalue weighted by Gasteiger charge is 2.04. The van der Waals surface area contributed by atoms with Gasteiger partial charge in [0.05, 0.1) is 5.56 Å². The molecule has 0 fully saturated rings. The number of phenolic OH excluding ortho intramolecular Hbond substituents is 1. The summed E-state index contributed by atoms with van der Waals surface area (Å²) in [4.78, 5) is 0. The number of hydrogen-bond acceptors (Lipinski definition) is 2. The molecular formula is C8H6FNO. The Hall–Kier alpha value is -1.56. The largest absolute Gasteiger partial charge is 0.507 e. The Labute approximate surface area is 63.5 Å². The van der Waals surface area contributed by atoms with Gasteiger partial charge in [0.25, 0.3) is 0 Å². The van der Waals surface area contributed by atoms with Crippen molar-refractivity contribution >= 4 is 0 Å². The number of rotatable bonds is 0. The molecule has 1 N–H and O–H groups in total. The summed E-state index contributed by atoms with van der Waals surface area (Å²) in [5, 5.41) is 17.4. The molecule has 0 saturated heterocycles. The third-order valence-electron chi connectivity index (χ3n) is 1.40. The van der Waals surface area contributed by atoms with Crippen LogP contribution in [0.25, 0.3) is 0 Å². The number of nitriles is 1. The van der Waals surface area contributed by atoms with Crippen LogP contribution in [-0.2, 0) is 0 Å². The van der Waals surface area contributed by atoms with Crippen LogP contribution in [0.4, 0.5) is 4.39 Å². The van der Waals surface area contributed by atoms with Crippen LogP contribution in [-0.4, -0.2) is 5.11 Å². The summed E-state index contributed by atoms with van der Waals surface area (Å²) in [7, 11) is 0. The molecule has 0 amide bonds. The highest BCUT2D eigenvalue weighted by molar-refractivity contribution is 5.44. The Kier molecular flexibility index (Phi) is 1.77. The van der Waals surface area contributed by atoms with Crippen molar-refractivity contribution in [3.8, 4) is 11.8 Å². The molecule has 0 radical (unpaired) electrons. The van der Waals surface area contributed by atoms with Gasteiger partial charge in [-0.3, -0.25) is 0 Å². The second-order valence-corrected chi connectivity index (χ2v) is 2.23. The molecule has 0 saturated carbocycles. The van der Waals surface area contributed by atoms with Crippen LogP contribution in [0.5, 0.6) is 5.75 Å². The van der Waals surface area contributed by atoms with Crippen LogP contribution in [0.3, 0.4) is 0 Å². The van der Waals surface area contributed by atoms with E-state index >= 15 is 0 Å². The lowest BCUT2D eigenvalue weighted by molar-refractivity contribution is 0.470. The maximum atomic E-state index is 12.7. The third kappa shape index (κ3) is 1.30. The van der Waals surface area contributed by atoms with Crippen molar-refractivity contribution in [2.75, 3.05) is 0 Å². The molecule has 0 spiro atoms. The molecule has 0 aliphatic rings. The van der Waals surface area contributed by atoms with E-state index in [0.29, 0.717) is 5.56 Å². The average Bonchev–Trinajstić information content (AvgIpc) is 1.97. The molecular weight excluding hydrogens is 145 g/mol. The topological polar surface area (TPSA) is 44.0 Å².